The maximum absolute atomic E-state index is 12.9. The first-order valence-corrected chi connectivity index (χ1v) is 11.3. The van der Waals surface area contributed by atoms with Gasteiger partial charge in [-0.15, -0.1) is 0 Å². The third-order valence-corrected chi connectivity index (χ3v) is 7.34. The molecule has 3 bridgehead atoms. The van der Waals surface area contributed by atoms with Crippen LogP contribution in [-0.2, 0) is 28.5 Å². The first kappa shape index (κ1) is 23.8. The van der Waals surface area contributed by atoms with Crippen molar-refractivity contribution in [2.75, 3.05) is 13.2 Å². The van der Waals surface area contributed by atoms with Crippen LogP contribution in [0.1, 0.15) is 30.1 Å². The number of esters is 1. The van der Waals surface area contributed by atoms with Gasteiger partial charge in [0.1, 0.15) is 42.4 Å². The minimum atomic E-state index is -1.63. The lowest BCUT2D eigenvalue weighted by molar-refractivity contribution is -0.390. The van der Waals surface area contributed by atoms with Crippen molar-refractivity contribution in [2.24, 2.45) is 11.8 Å². The van der Waals surface area contributed by atoms with Crippen molar-refractivity contribution in [1.29, 1.82) is 0 Å². The van der Waals surface area contributed by atoms with E-state index in [-0.39, 0.29) is 25.2 Å². The molecule has 186 valence electrons. The van der Waals surface area contributed by atoms with E-state index in [2.05, 4.69) is 0 Å². The summed E-state index contributed by atoms with van der Waals surface area (Å²) in [7, 11) is 0. The van der Waals surface area contributed by atoms with Gasteiger partial charge in [0, 0.05) is 18.8 Å². The van der Waals surface area contributed by atoms with Gasteiger partial charge in [0.15, 0.2) is 12.6 Å². The highest BCUT2D eigenvalue weighted by atomic mass is 16.9. The van der Waals surface area contributed by atoms with E-state index in [0.717, 1.165) is 0 Å². The Morgan fingerprint density at radius 3 is 2.56 bits per heavy atom. The number of hydrogen-bond donors (Lipinski definition) is 4. The van der Waals surface area contributed by atoms with Crippen LogP contribution in [0.4, 0.5) is 0 Å². The Labute approximate surface area is 195 Å². The highest BCUT2D eigenvalue weighted by Gasteiger charge is 2.72. The zero-order chi connectivity index (χ0) is 24.3. The molecule has 3 heterocycles. The first-order chi connectivity index (χ1) is 16.2. The van der Waals surface area contributed by atoms with Crippen LogP contribution in [-0.4, -0.2) is 93.8 Å². The summed E-state index contributed by atoms with van der Waals surface area (Å²) in [5, 5.41) is 40.0. The Morgan fingerprint density at radius 1 is 1.12 bits per heavy atom. The van der Waals surface area contributed by atoms with Crippen molar-refractivity contribution in [1.82, 2.24) is 0 Å². The lowest BCUT2D eigenvalue weighted by atomic mass is 9.69. The molecule has 0 amide bonds. The van der Waals surface area contributed by atoms with Crippen LogP contribution in [0.25, 0.3) is 0 Å². The fourth-order valence-electron chi connectivity index (χ4n) is 5.32. The molecule has 0 unspecified atom stereocenters. The number of ether oxygens (including phenoxy) is 5. The summed E-state index contributed by atoms with van der Waals surface area (Å²) in [5.74, 6) is -3.24. The van der Waals surface area contributed by atoms with Crippen LogP contribution in [0.5, 0.6) is 0 Å². The SMILES string of the molecule is C[C@]12CC(=O)[C@H]3C[C@@]1(O[C@@H]1O[C@H](CO)[C@@H](O)[C@H](O)[C@H]1O)O[C@@H](O2)[C@H]3COC(=O)c1ccccc1. The summed E-state index contributed by atoms with van der Waals surface area (Å²) in [6, 6.07) is 8.48. The van der Waals surface area contributed by atoms with E-state index in [1.807, 2.05) is 0 Å². The van der Waals surface area contributed by atoms with E-state index in [1.54, 1.807) is 37.3 Å². The summed E-state index contributed by atoms with van der Waals surface area (Å²) in [6.07, 6.45) is -8.27. The average Bonchev–Trinajstić information content (AvgIpc) is 3.01. The molecule has 34 heavy (non-hydrogen) atoms. The zero-order valence-corrected chi connectivity index (χ0v) is 18.5. The molecule has 5 rings (SSSR count). The van der Waals surface area contributed by atoms with Gasteiger partial charge in [-0.05, 0) is 19.1 Å². The third-order valence-electron chi connectivity index (χ3n) is 7.34. The maximum atomic E-state index is 12.9. The number of hydrogen-bond acceptors (Lipinski definition) is 11. The lowest BCUT2D eigenvalue weighted by Gasteiger charge is -2.51. The second-order valence-corrected chi connectivity index (χ2v) is 9.49. The van der Waals surface area contributed by atoms with Crippen molar-refractivity contribution in [3.05, 3.63) is 35.9 Å². The number of ketones is 1. The molecule has 4 aliphatic rings. The number of carbonyl (C=O) groups is 2. The molecular weight excluding hydrogens is 452 g/mol. The minimum Gasteiger partial charge on any atom is -0.462 e. The van der Waals surface area contributed by atoms with Crippen LogP contribution in [0.2, 0.25) is 0 Å². The van der Waals surface area contributed by atoms with E-state index in [0.29, 0.717) is 5.56 Å². The molecule has 10 atom stereocenters. The molecule has 1 aromatic carbocycles. The molecule has 3 aliphatic heterocycles. The van der Waals surface area contributed by atoms with Crippen LogP contribution >= 0.6 is 0 Å². The predicted octanol–water partition coefficient (Wildman–Crippen LogP) is -0.903. The number of aliphatic hydroxyl groups is 4. The molecule has 1 aliphatic carbocycles. The van der Waals surface area contributed by atoms with Crippen molar-refractivity contribution in [2.45, 2.75) is 68.1 Å². The Hall–Kier alpha value is -1.96. The second-order valence-electron chi connectivity index (χ2n) is 9.49. The molecule has 4 N–H and O–H groups in total. The Morgan fingerprint density at radius 2 is 1.85 bits per heavy atom. The van der Waals surface area contributed by atoms with Gasteiger partial charge >= 0.3 is 5.97 Å². The van der Waals surface area contributed by atoms with Crippen LogP contribution in [0.3, 0.4) is 0 Å². The number of carbonyl (C=O) groups excluding carboxylic acids is 2. The fourth-order valence-corrected chi connectivity index (χ4v) is 5.32. The third kappa shape index (κ3) is 3.67. The van der Waals surface area contributed by atoms with Crippen LogP contribution in [0, 0.1) is 11.8 Å². The second kappa shape index (κ2) is 8.61. The number of Topliss-reactive ketones (excluding diaryl/α,β-unsaturated/α-hetero) is 1. The van der Waals surface area contributed by atoms with E-state index in [4.69, 9.17) is 23.7 Å². The summed E-state index contributed by atoms with van der Waals surface area (Å²) in [4.78, 5) is 25.3. The van der Waals surface area contributed by atoms with Crippen molar-refractivity contribution in [3.63, 3.8) is 0 Å². The molecule has 1 saturated carbocycles. The van der Waals surface area contributed by atoms with E-state index < -0.39 is 72.8 Å². The molecule has 11 nitrogen and oxygen atoms in total. The van der Waals surface area contributed by atoms with Gasteiger partial charge in [-0.25, -0.2) is 4.79 Å². The Kier molecular flexibility index (Phi) is 6.02. The largest absolute Gasteiger partial charge is 0.462 e. The van der Waals surface area contributed by atoms with Crippen molar-refractivity contribution < 1.29 is 53.7 Å². The smallest absolute Gasteiger partial charge is 0.338 e. The number of aliphatic hydroxyl groups excluding tert-OH is 4. The summed E-state index contributed by atoms with van der Waals surface area (Å²) >= 11 is 0. The normalized spacial score (nSPS) is 45.4. The molecule has 0 spiro atoms. The van der Waals surface area contributed by atoms with Crippen molar-refractivity contribution in [3.8, 4) is 0 Å². The monoisotopic (exact) mass is 480 g/mol. The number of rotatable bonds is 6. The first-order valence-electron chi connectivity index (χ1n) is 11.3. The standard InChI is InChI=1S/C23H28O11/c1-22-8-14(25)12-7-23(22,34-21-18(28)17(27)16(26)15(9-24)31-21)33-20(32-22)13(12)10-30-19(29)11-5-3-2-4-6-11/h2-6,12-13,15-18,20-21,24,26-28H,7-10H2,1H3/t12-,13-,15+,16+,17-,18+,20+,21-,22-,23-/m0/s1. The maximum Gasteiger partial charge on any atom is 0.338 e. The van der Waals surface area contributed by atoms with Crippen molar-refractivity contribution >= 4 is 11.8 Å². The number of fused-ring (bicyclic) bond motifs is 2. The zero-order valence-electron chi connectivity index (χ0n) is 18.5. The van der Waals surface area contributed by atoms with Gasteiger partial charge in [-0.3, -0.25) is 4.79 Å². The molecular formula is C23H28O11. The molecule has 3 saturated heterocycles. The van der Waals surface area contributed by atoms with Gasteiger partial charge in [0.25, 0.3) is 0 Å². The molecule has 4 fully saturated rings. The summed E-state index contributed by atoms with van der Waals surface area (Å²) in [5.41, 5.74) is -0.836. The molecule has 0 radical (unpaired) electrons. The van der Waals surface area contributed by atoms with E-state index in [9.17, 15) is 30.0 Å². The highest BCUT2D eigenvalue weighted by molar-refractivity contribution is 5.89. The van der Waals surface area contributed by atoms with Gasteiger partial charge in [0.05, 0.1) is 18.1 Å². The minimum absolute atomic E-state index is 0.0330. The molecule has 1 aromatic rings. The molecule has 0 aromatic heterocycles. The number of benzene rings is 1. The summed E-state index contributed by atoms with van der Waals surface area (Å²) < 4.78 is 29.2. The quantitative estimate of drug-likeness (QED) is 0.373. The predicted molar refractivity (Wildman–Crippen MR) is 110 cm³/mol. The van der Waals surface area contributed by atoms with Gasteiger partial charge < -0.3 is 44.1 Å². The average molecular weight is 480 g/mol. The highest BCUT2D eigenvalue weighted by Crippen LogP contribution is 2.58. The topological polar surface area (TPSA) is 161 Å². The van der Waals surface area contributed by atoms with Gasteiger partial charge in [0.2, 0.25) is 5.79 Å². The van der Waals surface area contributed by atoms with Gasteiger partial charge in [-0.1, -0.05) is 18.2 Å². The summed E-state index contributed by atoms with van der Waals surface area (Å²) in [6.45, 7) is 0.954. The van der Waals surface area contributed by atoms with E-state index in [1.165, 1.54) is 0 Å². The Bertz CT molecular complexity index is 938. The molecule has 11 heteroatoms. The van der Waals surface area contributed by atoms with E-state index >= 15 is 0 Å². The Balaban J connectivity index is 1.33. The fraction of sp³-hybridized carbons (Fsp3) is 0.652. The lowest BCUT2D eigenvalue weighted by Crippen LogP contribution is -2.66. The van der Waals surface area contributed by atoms with Crippen LogP contribution in [0.15, 0.2) is 30.3 Å². The van der Waals surface area contributed by atoms with Crippen LogP contribution < -0.4 is 0 Å². The van der Waals surface area contributed by atoms with Gasteiger partial charge in [-0.2, -0.15) is 0 Å².